The summed E-state index contributed by atoms with van der Waals surface area (Å²) in [6, 6.07) is 4.50. The monoisotopic (exact) mass is 181 g/mol. The van der Waals surface area contributed by atoms with Gasteiger partial charge in [-0.2, -0.15) is 0 Å². The number of rotatable bonds is 4. The molecule has 1 nitrogen and oxygen atoms in total. The van der Waals surface area contributed by atoms with Gasteiger partial charge in [-0.1, -0.05) is 13.3 Å². The van der Waals surface area contributed by atoms with Crippen LogP contribution in [0.3, 0.4) is 0 Å². The number of halogens is 1. The topological polar surface area (TPSA) is 9.23 Å². The molecule has 0 fully saturated rings. The standard InChI is InChI=1S/C11H14FO/c1-3-4-5-13-11-7-9(2)6-10(12)8-11/h6-8H,2-5H2,1H3. The molecule has 0 aliphatic rings. The fraction of sp³-hybridized carbons (Fsp3) is 0.364. The highest BCUT2D eigenvalue weighted by Gasteiger charge is 1.98. The fourth-order valence-electron chi connectivity index (χ4n) is 1.04. The molecule has 1 rings (SSSR count). The zero-order chi connectivity index (χ0) is 9.68. The molecule has 0 atom stereocenters. The Kier molecular flexibility index (Phi) is 3.74. The highest BCUT2D eigenvalue weighted by atomic mass is 19.1. The van der Waals surface area contributed by atoms with Crippen molar-refractivity contribution in [3.05, 3.63) is 36.5 Å². The van der Waals surface area contributed by atoms with Crippen LogP contribution in [-0.4, -0.2) is 6.61 Å². The van der Waals surface area contributed by atoms with Crippen molar-refractivity contribution in [2.45, 2.75) is 19.8 Å². The van der Waals surface area contributed by atoms with Gasteiger partial charge in [0.25, 0.3) is 0 Å². The van der Waals surface area contributed by atoms with Crippen LogP contribution in [0.25, 0.3) is 0 Å². The van der Waals surface area contributed by atoms with Gasteiger partial charge >= 0.3 is 0 Å². The second-order valence-corrected chi connectivity index (χ2v) is 3.00. The Morgan fingerprint density at radius 1 is 1.38 bits per heavy atom. The van der Waals surface area contributed by atoms with Crippen molar-refractivity contribution in [3.8, 4) is 5.75 Å². The van der Waals surface area contributed by atoms with Gasteiger partial charge in [-0.15, -0.1) is 0 Å². The van der Waals surface area contributed by atoms with Crippen molar-refractivity contribution < 1.29 is 9.13 Å². The van der Waals surface area contributed by atoms with E-state index in [0.29, 0.717) is 17.9 Å². The van der Waals surface area contributed by atoms with E-state index in [2.05, 4.69) is 13.8 Å². The molecule has 0 bridgehead atoms. The Morgan fingerprint density at radius 3 is 2.77 bits per heavy atom. The second kappa shape index (κ2) is 4.85. The van der Waals surface area contributed by atoms with Crippen LogP contribution < -0.4 is 4.74 Å². The maximum atomic E-state index is 12.8. The third kappa shape index (κ3) is 3.45. The molecule has 0 aromatic heterocycles. The van der Waals surface area contributed by atoms with Gasteiger partial charge in [-0.05, 0) is 31.0 Å². The third-order valence-electron chi connectivity index (χ3n) is 1.70. The molecule has 0 spiro atoms. The largest absolute Gasteiger partial charge is 0.493 e. The van der Waals surface area contributed by atoms with Crippen molar-refractivity contribution >= 4 is 0 Å². The molecule has 0 aliphatic carbocycles. The lowest BCUT2D eigenvalue weighted by Gasteiger charge is -2.05. The van der Waals surface area contributed by atoms with E-state index in [1.165, 1.54) is 12.1 Å². The average Bonchev–Trinajstić information content (AvgIpc) is 2.03. The predicted octanol–water partition coefficient (Wildman–Crippen LogP) is 3.19. The fourth-order valence-corrected chi connectivity index (χ4v) is 1.04. The molecular formula is C11H14FO. The normalized spacial score (nSPS) is 10.1. The van der Waals surface area contributed by atoms with Crippen LogP contribution in [0.15, 0.2) is 18.2 Å². The third-order valence-corrected chi connectivity index (χ3v) is 1.70. The van der Waals surface area contributed by atoms with Gasteiger partial charge in [0.1, 0.15) is 11.6 Å². The summed E-state index contributed by atoms with van der Waals surface area (Å²) >= 11 is 0. The molecule has 0 unspecified atom stereocenters. The summed E-state index contributed by atoms with van der Waals surface area (Å²) in [7, 11) is 0. The van der Waals surface area contributed by atoms with E-state index in [-0.39, 0.29) is 5.82 Å². The number of benzene rings is 1. The van der Waals surface area contributed by atoms with Crippen LogP contribution in [0.4, 0.5) is 4.39 Å². The number of unbranched alkanes of at least 4 members (excludes halogenated alkanes) is 1. The zero-order valence-electron chi connectivity index (χ0n) is 7.85. The summed E-state index contributed by atoms with van der Waals surface area (Å²) in [5.41, 5.74) is 0.645. The molecule has 1 aromatic carbocycles. The van der Waals surface area contributed by atoms with Crippen LogP contribution in [-0.2, 0) is 0 Å². The highest BCUT2D eigenvalue weighted by Crippen LogP contribution is 2.15. The van der Waals surface area contributed by atoms with Gasteiger partial charge in [0.2, 0.25) is 0 Å². The summed E-state index contributed by atoms with van der Waals surface area (Å²) in [4.78, 5) is 0. The Balaban J connectivity index is 2.56. The molecule has 0 saturated heterocycles. The van der Waals surface area contributed by atoms with Crippen molar-refractivity contribution in [2.24, 2.45) is 0 Å². The summed E-state index contributed by atoms with van der Waals surface area (Å²) < 4.78 is 18.1. The van der Waals surface area contributed by atoms with Gasteiger partial charge in [-0.25, -0.2) is 4.39 Å². The minimum Gasteiger partial charge on any atom is -0.493 e. The maximum Gasteiger partial charge on any atom is 0.127 e. The van der Waals surface area contributed by atoms with Gasteiger partial charge in [0, 0.05) is 6.07 Å². The molecule has 0 aliphatic heterocycles. The Hall–Kier alpha value is -1.05. The molecule has 0 N–H and O–H groups in total. The molecule has 71 valence electrons. The first kappa shape index (κ1) is 10.0. The van der Waals surface area contributed by atoms with Crippen LogP contribution in [0.2, 0.25) is 0 Å². The first-order valence-corrected chi connectivity index (χ1v) is 4.47. The molecule has 0 amide bonds. The van der Waals surface area contributed by atoms with Crippen LogP contribution in [0.1, 0.15) is 25.3 Å². The van der Waals surface area contributed by atoms with Gasteiger partial charge in [0.15, 0.2) is 0 Å². The lowest BCUT2D eigenvalue weighted by Crippen LogP contribution is -1.97. The first-order valence-electron chi connectivity index (χ1n) is 4.47. The summed E-state index contributed by atoms with van der Waals surface area (Å²) in [6.07, 6.45) is 2.07. The minimum atomic E-state index is -0.293. The van der Waals surface area contributed by atoms with E-state index in [1.807, 2.05) is 0 Å². The second-order valence-electron chi connectivity index (χ2n) is 3.00. The predicted molar refractivity (Wildman–Crippen MR) is 51.3 cm³/mol. The van der Waals surface area contributed by atoms with Crippen LogP contribution >= 0.6 is 0 Å². The van der Waals surface area contributed by atoms with Crippen LogP contribution in [0, 0.1) is 12.7 Å². The lowest BCUT2D eigenvalue weighted by atomic mass is 10.2. The number of ether oxygens (including phenoxy) is 1. The number of hydrogen-bond acceptors (Lipinski definition) is 1. The zero-order valence-corrected chi connectivity index (χ0v) is 7.85. The van der Waals surface area contributed by atoms with E-state index in [4.69, 9.17) is 4.74 Å². The molecule has 1 aromatic rings. The van der Waals surface area contributed by atoms with Crippen molar-refractivity contribution in [1.29, 1.82) is 0 Å². The van der Waals surface area contributed by atoms with E-state index in [0.717, 1.165) is 12.8 Å². The summed E-state index contributed by atoms with van der Waals surface area (Å²) in [5, 5.41) is 0. The van der Waals surface area contributed by atoms with E-state index in [9.17, 15) is 4.39 Å². The Bertz CT molecular complexity index is 251. The van der Waals surface area contributed by atoms with Crippen molar-refractivity contribution in [2.75, 3.05) is 6.61 Å². The van der Waals surface area contributed by atoms with E-state index >= 15 is 0 Å². The SMILES string of the molecule is [CH2]c1cc(F)cc(OCCCC)c1. The first-order chi connectivity index (χ1) is 6.22. The van der Waals surface area contributed by atoms with Crippen molar-refractivity contribution in [1.82, 2.24) is 0 Å². The highest BCUT2D eigenvalue weighted by molar-refractivity contribution is 5.31. The Labute approximate surface area is 78.5 Å². The van der Waals surface area contributed by atoms with Gasteiger partial charge in [-0.3, -0.25) is 0 Å². The molecule has 2 heteroatoms. The van der Waals surface area contributed by atoms with E-state index in [1.54, 1.807) is 6.07 Å². The van der Waals surface area contributed by atoms with Gasteiger partial charge < -0.3 is 4.74 Å². The minimum absolute atomic E-state index is 0.293. The van der Waals surface area contributed by atoms with Gasteiger partial charge in [0.05, 0.1) is 6.61 Å². The Morgan fingerprint density at radius 2 is 2.15 bits per heavy atom. The lowest BCUT2D eigenvalue weighted by molar-refractivity contribution is 0.308. The number of hydrogen-bond donors (Lipinski definition) is 0. The van der Waals surface area contributed by atoms with Crippen LogP contribution in [0.5, 0.6) is 5.75 Å². The molecule has 0 heterocycles. The summed E-state index contributed by atoms with van der Waals surface area (Å²) in [5.74, 6) is 0.275. The smallest absolute Gasteiger partial charge is 0.127 e. The molecule has 0 saturated carbocycles. The molecular weight excluding hydrogens is 167 g/mol. The van der Waals surface area contributed by atoms with Crippen molar-refractivity contribution in [3.63, 3.8) is 0 Å². The van der Waals surface area contributed by atoms with E-state index < -0.39 is 0 Å². The molecule has 13 heavy (non-hydrogen) atoms. The summed E-state index contributed by atoms with van der Waals surface area (Å²) in [6.45, 7) is 6.37. The average molecular weight is 181 g/mol. The quantitative estimate of drug-likeness (QED) is 0.648. The molecule has 1 radical (unpaired) electrons. The maximum absolute atomic E-state index is 12.8.